The number of thiophene rings is 1. The van der Waals surface area contributed by atoms with E-state index in [1.54, 1.807) is 13.8 Å². The number of carbonyl (C=O) groups is 2. The number of fused-ring (bicyclic) bond motifs is 1. The summed E-state index contributed by atoms with van der Waals surface area (Å²) in [5.74, 6) is -1.58. The summed E-state index contributed by atoms with van der Waals surface area (Å²) in [6.45, 7) is 7.16. The SMILES string of the molecule is CCOC(=O)c1cc(C(=O)OC(C)c2nc3sc(C)c(C)c3c(=O)[nH]2)on1. The number of esters is 2. The van der Waals surface area contributed by atoms with Crippen LogP contribution >= 0.6 is 11.3 Å². The molecule has 3 aromatic rings. The lowest BCUT2D eigenvalue weighted by molar-refractivity contribution is 0.0273. The van der Waals surface area contributed by atoms with Crippen molar-refractivity contribution in [1.82, 2.24) is 15.1 Å². The van der Waals surface area contributed by atoms with Gasteiger partial charge in [0.15, 0.2) is 17.6 Å². The Morgan fingerprint density at radius 2 is 2.07 bits per heavy atom. The van der Waals surface area contributed by atoms with Crippen LogP contribution in [0, 0.1) is 13.8 Å². The fourth-order valence-corrected chi connectivity index (χ4v) is 3.45. The summed E-state index contributed by atoms with van der Waals surface area (Å²) in [7, 11) is 0. The molecular formula is C17H17N3O6S. The Hall–Kier alpha value is -3.01. The topological polar surface area (TPSA) is 124 Å². The molecule has 3 heterocycles. The van der Waals surface area contributed by atoms with E-state index in [1.807, 2.05) is 13.8 Å². The Bertz CT molecular complexity index is 1080. The molecule has 0 radical (unpaired) electrons. The maximum Gasteiger partial charge on any atom is 0.377 e. The van der Waals surface area contributed by atoms with Gasteiger partial charge in [-0.25, -0.2) is 14.6 Å². The molecule has 0 aromatic carbocycles. The summed E-state index contributed by atoms with van der Waals surface area (Å²) in [4.78, 5) is 44.7. The highest BCUT2D eigenvalue weighted by Gasteiger charge is 2.23. The first-order chi connectivity index (χ1) is 12.8. The van der Waals surface area contributed by atoms with E-state index in [0.717, 1.165) is 16.5 Å². The smallest absolute Gasteiger partial charge is 0.377 e. The molecule has 142 valence electrons. The van der Waals surface area contributed by atoms with Crippen molar-refractivity contribution in [3.8, 4) is 0 Å². The van der Waals surface area contributed by atoms with Gasteiger partial charge < -0.3 is 19.0 Å². The molecule has 0 bridgehead atoms. The Labute approximate surface area is 157 Å². The van der Waals surface area contributed by atoms with Crippen LogP contribution in [0.3, 0.4) is 0 Å². The minimum absolute atomic E-state index is 0.131. The van der Waals surface area contributed by atoms with Crippen LogP contribution < -0.4 is 5.56 Å². The fraction of sp³-hybridized carbons (Fsp3) is 0.353. The number of H-pyrrole nitrogens is 1. The number of nitrogens with one attached hydrogen (secondary N) is 1. The molecule has 0 saturated heterocycles. The maximum atomic E-state index is 12.3. The van der Waals surface area contributed by atoms with E-state index in [2.05, 4.69) is 15.1 Å². The first-order valence-electron chi connectivity index (χ1n) is 8.16. The number of hydrogen-bond acceptors (Lipinski definition) is 9. The van der Waals surface area contributed by atoms with Crippen molar-refractivity contribution in [2.45, 2.75) is 33.8 Å². The van der Waals surface area contributed by atoms with E-state index in [-0.39, 0.29) is 29.4 Å². The number of carbonyl (C=O) groups excluding carboxylic acids is 2. The largest absolute Gasteiger partial charge is 0.461 e. The third-order valence-corrected chi connectivity index (χ3v) is 5.02. The van der Waals surface area contributed by atoms with Crippen LogP contribution in [0.15, 0.2) is 15.4 Å². The molecular weight excluding hydrogens is 374 g/mol. The molecule has 27 heavy (non-hydrogen) atoms. The van der Waals surface area contributed by atoms with Crippen molar-refractivity contribution in [1.29, 1.82) is 0 Å². The first-order valence-corrected chi connectivity index (χ1v) is 8.98. The number of nitrogens with zero attached hydrogens (tertiary/aromatic N) is 2. The number of hydrogen-bond donors (Lipinski definition) is 1. The second-order valence-electron chi connectivity index (χ2n) is 5.76. The zero-order chi connectivity index (χ0) is 19.7. The predicted molar refractivity (Wildman–Crippen MR) is 96.0 cm³/mol. The van der Waals surface area contributed by atoms with Gasteiger partial charge in [0.2, 0.25) is 5.76 Å². The third kappa shape index (κ3) is 3.61. The molecule has 1 N–H and O–H groups in total. The van der Waals surface area contributed by atoms with Crippen LogP contribution in [0.4, 0.5) is 0 Å². The Kier molecular flexibility index (Phi) is 5.08. The number of ether oxygens (including phenoxy) is 2. The summed E-state index contributed by atoms with van der Waals surface area (Å²) in [5, 5.41) is 4.02. The van der Waals surface area contributed by atoms with Crippen LogP contribution in [0.5, 0.6) is 0 Å². The Morgan fingerprint density at radius 3 is 2.78 bits per heavy atom. The van der Waals surface area contributed by atoms with E-state index in [9.17, 15) is 14.4 Å². The van der Waals surface area contributed by atoms with Crippen molar-refractivity contribution in [2.24, 2.45) is 0 Å². The average molecular weight is 391 g/mol. The molecule has 0 aliphatic rings. The molecule has 0 aliphatic carbocycles. The minimum atomic E-state index is -0.841. The molecule has 10 heteroatoms. The second-order valence-corrected chi connectivity index (χ2v) is 6.96. The number of rotatable bonds is 5. The van der Waals surface area contributed by atoms with Crippen LogP contribution in [-0.4, -0.2) is 33.7 Å². The summed E-state index contributed by atoms with van der Waals surface area (Å²) >= 11 is 1.40. The summed E-state index contributed by atoms with van der Waals surface area (Å²) in [6, 6.07) is 1.14. The van der Waals surface area contributed by atoms with Gasteiger partial charge in [-0.2, -0.15) is 0 Å². The van der Waals surface area contributed by atoms with Crippen molar-refractivity contribution < 1.29 is 23.6 Å². The zero-order valence-electron chi connectivity index (χ0n) is 15.1. The standard InChI is InChI=1S/C17H17N3O6S/c1-5-24-16(22)10-6-11(26-20-10)17(23)25-8(3)13-18-14(21)12-7(2)9(4)27-15(12)19-13/h6,8H,5H2,1-4H3,(H,18,19,21). The molecule has 9 nitrogen and oxygen atoms in total. The van der Waals surface area contributed by atoms with Crippen molar-refractivity contribution in [3.63, 3.8) is 0 Å². The average Bonchev–Trinajstić information content (AvgIpc) is 3.21. The van der Waals surface area contributed by atoms with Gasteiger partial charge in [0.25, 0.3) is 5.56 Å². The van der Waals surface area contributed by atoms with Crippen LogP contribution in [-0.2, 0) is 9.47 Å². The molecule has 0 aliphatic heterocycles. The monoisotopic (exact) mass is 391 g/mol. The van der Waals surface area contributed by atoms with Gasteiger partial charge in [0.05, 0.1) is 12.0 Å². The number of aromatic amines is 1. The first kappa shape index (κ1) is 18.8. The maximum absolute atomic E-state index is 12.3. The van der Waals surface area contributed by atoms with Crippen molar-refractivity contribution in [2.75, 3.05) is 6.61 Å². The molecule has 0 saturated carbocycles. The van der Waals surface area contributed by atoms with Gasteiger partial charge in [-0.3, -0.25) is 4.79 Å². The van der Waals surface area contributed by atoms with E-state index >= 15 is 0 Å². The molecule has 0 amide bonds. The van der Waals surface area contributed by atoms with E-state index < -0.39 is 18.0 Å². The molecule has 3 rings (SSSR count). The quantitative estimate of drug-likeness (QED) is 0.658. The van der Waals surface area contributed by atoms with Crippen molar-refractivity contribution >= 4 is 33.5 Å². The van der Waals surface area contributed by atoms with Crippen molar-refractivity contribution in [3.05, 3.63) is 44.1 Å². The van der Waals surface area contributed by atoms with Crippen LogP contribution in [0.25, 0.3) is 10.2 Å². The summed E-state index contributed by atoms with van der Waals surface area (Å²) in [5.41, 5.74) is 0.464. The second kappa shape index (κ2) is 7.31. The zero-order valence-corrected chi connectivity index (χ0v) is 15.9. The van der Waals surface area contributed by atoms with E-state index in [0.29, 0.717) is 10.2 Å². The Morgan fingerprint density at radius 1 is 1.33 bits per heavy atom. The minimum Gasteiger partial charge on any atom is -0.461 e. The molecule has 1 unspecified atom stereocenters. The van der Waals surface area contributed by atoms with Gasteiger partial charge >= 0.3 is 11.9 Å². The van der Waals surface area contributed by atoms with E-state index in [4.69, 9.17) is 14.0 Å². The van der Waals surface area contributed by atoms with Gasteiger partial charge in [-0.15, -0.1) is 11.3 Å². The normalized spacial score (nSPS) is 12.1. The molecule has 3 aromatic heterocycles. The van der Waals surface area contributed by atoms with Gasteiger partial charge in [-0.1, -0.05) is 5.16 Å². The van der Waals surface area contributed by atoms with Crippen LogP contribution in [0.1, 0.15) is 57.3 Å². The third-order valence-electron chi connectivity index (χ3n) is 3.92. The summed E-state index contributed by atoms with van der Waals surface area (Å²) < 4.78 is 14.9. The highest BCUT2D eigenvalue weighted by Crippen LogP contribution is 2.27. The summed E-state index contributed by atoms with van der Waals surface area (Å²) in [6.07, 6.45) is -0.839. The lowest BCUT2D eigenvalue weighted by Gasteiger charge is -2.11. The van der Waals surface area contributed by atoms with Gasteiger partial charge in [0.1, 0.15) is 4.83 Å². The fourth-order valence-electron chi connectivity index (χ4n) is 2.41. The molecule has 0 spiro atoms. The highest BCUT2D eigenvalue weighted by molar-refractivity contribution is 7.18. The van der Waals surface area contributed by atoms with Crippen LogP contribution in [0.2, 0.25) is 0 Å². The van der Waals surface area contributed by atoms with Gasteiger partial charge in [0, 0.05) is 10.9 Å². The van der Waals surface area contributed by atoms with E-state index in [1.165, 1.54) is 11.3 Å². The Balaban J connectivity index is 1.80. The van der Waals surface area contributed by atoms with Gasteiger partial charge in [-0.05, 0) is 33.3 Å². The predicted octanol–water partition coefficient (Wildman–Crippen LogP) is 2.68. The lowest BCUT2D eigenvalue weighted by Crippen LogP contribution is -2.17. The number of aromatic nitrogens is 3. The lowest BCUT2D eigenvalue weighted by atomic mass is 10.2. The highest BCUT2D eigenvalue weighted by atomic mass is 32.1. The molecule has 0 fully saturated rings. The number of aryl methyl sites for hydroxylation is 2. The molecule has 1 atom stereocenters.